The van der Waals surface area contributed by atoms with Crippen LogP contribution in [0.25, 0.3) is 11.3 Å². The molecule has 0 bridgehead atoms. The third kappa shape index (κ3) is 9.51. The van der Waals surface area contributed by atoms with Crippen molar-refractivity contribution < 1.29 is 9.53 Å². The molecule has 0 spiro atoms. The number of ether oxygens (including phenoxy) is 1. The Hall–Kier alpha value is -2.23. The molecular formula is C26H38N2O2. The van der Waals surface area contributed by atoms with Crippen molar-refractivity contribution in [3.8, 4) is 17.0 Å². The molecule has 30 heavy (non-hydrogen) atoms. The molecule has 0 aliphatic carbocycles. The van der Waals surface area contributed by atoms with Gasteiger partial charge in [-0.2, -0.15) is 0 Å². The molecule has 0 saturated carbocycles. The van der Waals surface area contributed by atoms with Crippen molar-refractivity contribution in [2.45, 2.75) is 97.3 Å². The normalized spacial score (nSPS) is 10.9. The molecule has 4 nitrogen and oxygen atoms in total. The fourth-order valence-corrected chi connectivity index (χ4v) is 3.47. The van der Waals surface area contributed by atoms with Crippen LogP contribution in [-0.4, -0.2) is 15.9 Å². The summed E-state index contributed by atoms with van der Waals surface area (Å²) in [6.45, 7) is 4.44. The predicted octanol–water partition coefficient (Wildman–Crippen LogP) is 7.31. The molecule has 0 N–H and O–H groups in total. The van der Waals surface area contributed by atoms with Gasteiger partial charge in [-0.25, -0.2) is 0 Å². The Morgan fingerprint density at radius 1 is 0.767 bits per heavy atom. The number of esters is 1. The van der Waals surface area contributed by atoms with Crippen molar-refractivity contribution >= 4 is 5.97 Å². The van der Waals surface area contributed by atoms with E-state index in [1.807, 2.05) is 36.7 Å². The van der Waals surface area contributed by atoms with Gasteiger partial charge in [0.15, 0.2) is 0 Å². The lowest BCUT2D eigenvalue weighted by Gasteiger charge is -2.06. The van der Waals surface area contributed by atoms with Gasteiger partial charge in [0.05, 0.1) is 17.6 Å². The summed E-state index contributed by atoms with van der Waals surface area (Å²) in [5.41, 5.74) is 2.86. The summed E-state index contributed by atoms with van der Waals surface area (Å²) in [4.78, 5) is 21.1. The number of aromatic nitrogens is 2. The van der Waals surface area contributed by atoms with E-state index in [9.17, 15) is 4.79 Å². The van der Waals surface area contributed by atoms with Gasteiger partial charge in [-0.05, 0) is 43.5 Å². The Labute approximate surface area is 182 Å². The molecule has 0 aliphatic heterocycles. The zero-order valence-electron chi connectivity index (χ0n) is 18.9. The fourth-order valence-electron chi connectivity index (χ4n) is 3.47. The zero-order valence-corrected chi connectivity index (χ0v) is 18.9. The number of carbonyl (C=O) groups excluding carboxylic acids is 1. The Balaban J connectivity index is 1.69. The van der Waals surface area contributed by atoms with E-state index in [2.05, 4.69) is 23.8 Å². The lowest BCUT2D eigenvalue weighted by molar-refractivity contribution is -0.134. The van der Waals surface area contributed by atoms with E-state index >= 15 is 0 Å². The molecule has 0 fully saturated rings. The van der Waals surface area contributed by atoms with Crippen LogP contribution in [0.15, 0.2) is 36.7 Å². The van der Waals surface area contributed by atoms with Gasteiger partial charge >= 0.3 is 5.97 Å². The molecule has 0 atom stereocenters. The third-order valence-corrected chi connectivity index (χ3v) is 5.36. The number of benzene rings is 1. The maximum absolute atomic E-state index is 12.0. The Kier molecular flexibility index (Phi) is 11.8. The molecule has 0 unspecified atom stereocenters. The number of hydrogen-bond donors (Lipinski definition) is 0. The van der Waals surface area contributed by atoms with Crippen LogP contribution >= 0.6 is 0 Å². The van der Waals surface area contributed by atoms with E-state index in [0.29, 0.717) is 12.2 Å². The van der Waals surface area contributed by atoms with E-state index in [0.717, 1.165) is 42.6 Å². The first-order chi connectivity index (χ1) is 14.7. The van der Waals surface area contributed by atoms with Crippen LogP contribution in [-0.2, 0) is 11.2 Å². The zero-order chi connectivity index (χ0) is 21.4. The minimum absolute atomic E-state index is 0.148. The summed E-state index contributed by atoms with van der Waals surface area (Å²) < 4.78 is 5.46. The minimum Gasteiger partial charge on any atom is -0.427 e. The monoisotopic (exact) mass is 410 g/mol. The molecule has 164 valence electrons. The van der Waals surface area contributed by atoms with Crippen LogP contribution in [0, 0.1) is 0 Å². The topological polar surface area (TPSA) is 52.1 Å². The third-order valence-electron chi connectivity index (χ3n) is 5.36. The Morgan fingerprint density at radius 2 is 1.40 bits per heavy atom. The van der Waals surface area contributed by atoms with Crippen LogP contribution in [0.2, 0.25) is 0 Å². The Bertz CT molecular complexity index is 711. The number of hydrogen-bond acceptors (Lipinski definition) is 4. The number of rotatable bonds is 15. The molecule has 0 amide bonds. The largest absolute Gasteiger partial charge is 0.427 e. The average molecular weight is 411 g/mol. The molecule has 0 aliphatic rings. The first-order valence-electron chi connectivity index (χ1n) is 11.8. The number of aryl methyl sites for hydroxylation is 1. The highest BCUT2D eigenvalue weighted by Gasteiger charge is 2.06. The first kappa shape index (κ1) is 24.0. The van der Waals surface area contributed by atoms with Gasteiger partial charge in [0.25, 0.3) is 0 Å². The summed E-state index contributed by atoms with van der Waals surface area (Å²) in [5, 5.41) is 0. The first-order valence-corrected chi connectivity index (χ1v) is 11.8. The van der Waals surface area contributed by atoms with Crippen LogP contribution in [0.3, 0.4) is 0 Å². The highest BCUT2D eigenvalue weighted by atomic mass is 16.5. The van der Waals surface area contributed by atoms with Gasteiger partial charge in [-0.1, -0.05) is 71.6 Å². The summed E-state index contributed by atoms with van der Waals surface area (Å²) in [6, 6.07) is 7.52. The minimum atomic E-state index is -0.148. The predicted molar refractivity (Wildman–Crippen MR) is 124 cm³/mol. The molecule has 2 rings (SSSR count). The second-order valence-corrected chi connectivity index (χ2v) is 8.07. The molecular weight excluding hydrogens is 372 g/mol. The number of unbranched alkanes of at least 4 members (excludes halogenated alkanes) is 9. The SMILES string of the molecule is CCCCCCCCCCC(=O)Oc1ccc(-c2cnc(CCCCC)cn2)cc1. The second-order valence-electron chi connectivity index (χ2n) is 8.07. The van der Waals surface area contributed by atoms with Gasteiger partial charge < -0.3 is 4.74 Å². The van der Waals surface area contributed by atoms with Crippen LogP contribution in [0.4, 0.5) is 0 Å². The van der Waals surface area contributed by atoms with Crippen molar-refractivity contribution in [1.29, 1.82) is 0 Å². The van der Waals surface area contributed by atoms with Gasteiger partial charge in [0.2, 0.25) is 0 Å². The number of nitrogens with zero attached hydrogens (tertiary/aromatic N) is 2. The van der Waals surface area contributed by atoms with E-state index in [1.54, 1.807) is 0 Å². The quantitative estimate of drug-likeness (QED) is 0.175. The molecule has 4 heteroatoms. The second kappa shape index (κ2) is 14.7. The molecule has 0 radical (unpaired) electrons. The lowest BCUT2D eigenvalue weighted by atomic mass is 10.1. The van der Waals surface area contributed by atoms with E-state index in [-0.39, 0.29) is 5.97 Å². The lowest BCUT2D eigenvalue weighted by Crippen LogP contribution is -2.07. The van der Waals surface area contributed by atoms with Gasteiger partial charge in [0.1, 0.15) is 5.75 Å². The van der Waals surface area contributed by atoms with Crippen molar-refractivity contribution in [3.63, 3.8) is 0 Å². The standard InChI is InChI=1S/C26H38N2O2/c1-3-5-7-8-9-10-11-13-15-26(29)30-24-18-16-22(17-19-24)25-21-27-23(20-28-25)14-12-6-4-2/h16-21H,3-15H2,1-2H3. The van der Waals surface area contributed by atoms with Gasteiger partial charge in [-0.15, -0.1) is 0 Å². The smallest absolute Gasteiger partial charge is 0.311 e. The molecule has 1 aromatic carbocycles. The van der Waals surface area contributed by atoms with Crippen molar-refractivity contribution in [1.82, 2.24) is 9.97 Å². The van der Waals surface area contributed by atoms with Crippen molar-refractivity contribution in [2.24, 2.45) is 0 Å². The number of carbonyl (C=O) groups is 1. The molecule has 2 aromatic rings. The van der Waals surface area contributed by atoms with Gasteiger partial charge in [0, 0.05) is 18.2 Å². The highest BCUT2D eigenvalue weighted by Crippen LogP contribution is 2.21. The van der Waals surface area contributed by atoms with Crippen LogP contribution < -0.4 is 4.74 Å². The van der Waals surface area contributed by atoms with Crippen LogP contribution in [0.1, 0.15) is 96.6 Å². The molecule has 1 aromatic heterocycles. The van der Waals surface area contributed by atoms with E-state index in [1.165, 1.54) is 51.4 Å². The highest BCUT2D eigenvalue weighted by molar-refractivity contribution is 5.72. The van der Waals surface area contributed by atoms with E-state index in [4.69, 9.17) is 4.74 Å². The van der Waals surface area contributed by atoms with Gasteiger partial charge in [-0.3, -0.25) is 14.8 Å². The maximum Gasteiger partial charge on any atom is 0.311 e. The Morgan fingerprint density at radius 3 is 2.03 bits per heavy atom. The average Bonchev–Trinajstić information content (AvgIpc) is 2.77. The summed E-state index contributed by atoms with van der Waals surface area (Å²) in [7, 11) is 0. The maximum atomic E-state index is 12.0. The van der Waals surface area contributed by atoms with Crippen molar-refractivity contribution in [2.75, 3.05) is 0 Å². The summed E-state index contributed by atoms with van der Waals surface area (Å²) in [5.74, 6) is 0.442. The van der Waals surface area contributed by atoms with Crippen molar-refractivity contribution in [3.05, 3.63) is 42.4 Å². The fraction of sp³-hybridized carbons (Fsp3) is 0.577. The van der Waals surface area contributed by atoms with E-state index < -0.39 is 0 Å². The molecule has 0 saturated heterocycles. The summed E-state index contributed by atoms with van der Waals surface area (Å²) in [6.07, 6.45) is 18.5. The molecule has 1 heterocycles. The van der Waals surface area contributed by atoms with Crippen LogP contribution in [0.5, 0.6) is 5.75 Å². The summed E-state index contributed by atoms with van der Waals surface area (Å²) >= 11 is 0.